The molecule has 1 aliphatic heterocycles. The van der Waals surface area contributed by atoms with Crippen LogP contribution < -0.4 is 15.8 Å². The van der Waals surface area contributed by atoms with Crippen LogP contribution in [-0.2, 0) is 9.53 Å². The minimum Gasteiger partial charge on any atom is -0.379 e. The Morgan fingerprint density at radius 1 is 1.30 bits per heavy atom. The second-order valence-electron chi connectivity index (χ2n) is 7.31. The Labute approximate surface area is 180 Å². The highest BCUT2D eigenvalue weighted by molar-refractivity contribution is 6.30. The van der Waals surface area contributed by atoms with Crippen molar-refractivity contribution in [2.75, 3.05) is 49.6 Å². The number of aromatic amines is 1. The molecule has 0 unspecified atom stereocenters. The maximum Gasteiger partial charge on any atom is 0.269 e. The number of rotatable bonds is 8. The number of nitrogens with zero attached hydrogens (tertiary/aromatic N) is 4. The van der Waals surface area contributed by atoms with E-state index < -0.39 is 0 Å². The predicted molar refractivity (Wildman–Crippen MR) is 116 cm³/mol. The molecule has 1 saturated heterocycles. The van der Waals surface area contributed by atoms with Gasteiger partial charge in [-0.1, -0.05) is 11.6 Å². The summed E-state index contributed by atoms with van der Waals surface area (Å²) in [5.74, 6) is 0.969. The van der Waals surface area contributed by atoms with Crippen LogP contribution in [0.1, 0.15) is 18.9 Å². The molecule has 9 nitrogen and oxygen atoms in total. The van der Waals surface area contributed by atoms with E-state index >= 15 is 0 Å². The number of hydrogen-bond donors (Lipinski definition) is 2. The molecule has 1 atom stereocenters. The number of anilines is 2. The first-order valence-electron chi connectivity index (χ1n) is 9.97. The van der Waals surface area contributed by atoms with Crippen LogP contribution in [0.15, 0.2) is 29.3 Å². The first-order valence-corrected chi connectivity index (χ1v) is 10.3. The highest BCUT2D eigenvalue weighted by Gasteiger charge is 2.21. The molecule has 3 rings (SSSR count). The van der Waals surface area contributed by atoms with Gasteiger partial charge in [0.1, 0.15) is 5.82 Å². The first kappa shape index (κ1) is 22.0. The molecular formula is C20H27ClN6O3. The average molecular weight is 435 g/mol. The molecule has 1 amide bonds. The van der Waals surface area contributed by atoms with Gasteiger partial charge in [-0.25, -0.2) is 10.1 Å². The van der Waals surface area contributed by atoms with Crippen molar-refractivity contribution in [3.05, 3.63) is 45.5 Å². The molecule has 0 bridgehead atoms. The summed E-state index contributed by atoms with van der Waals surface area (Å²) in [5, 5.41) is 10.0. The van der Waals surface area contributed by atoms with Crippen LogP contribution in [0.3, 0.4) is 0 Å². The van der Waals surface area contributed by atoms with Crippen LogP contribution in [0, 0.1) is 6.92 Å². The molecule has 2 aromatic heterocycles. The van der Waals surface area contributed by atoms with Crippen molar-refractivity contribution in [1.29, 1.82) is 0 Å². The summed E-state index contributed by atoms with van der Waals surface area (Å²) < 4.78 is 5.65. The molecule has 0 aromatic carbocycles. The highest BCUT2D eigenvalue weighted by Crippen LogP contribution is 2.16. The first-order chi connectivity index (χ1) is 14.4. The van der Waals surface area contributed by atoms with Crippen LogP contribution >= 0.6 is 11.6 Å². The number of carbonyl (C=O) groups excluding carboxylic acids is 1. The van der Waals surface area contributed by atoms with Crippen molar-refractivity contribution in [1.82, 2.24) is 20.1 Å². The second-order valence-corrected chi connectivity index (χ2v) is 7.75. The quantitative estimate of drug-likeness (QED) is 0.609. The molecule has 10 heteroatoms. The van der Waals surface area contributed by atoms with E-state index in [1.54, 1.807) is 19.3 Å². The number of nitrogens with one attached hydrogen (secondary N) is 2. The molecule has 162 valence electrons. The molecule has 2 N–H and O–H groups in total. The molecule has 1 aliphatic rings. The number of H-pyrrole nitrogens is 1. The van der Waals surface area contributed by atoms with Crippen molar-refractivity contribution < 1.29 is 9.53 Å². The summed E-state index contributed by atoms with van der Waals surface area (Å²) in [6.45, 7) is 7.28. The molecule has 0 saturated carbocycles. The summed E-state index contributed by atoms with van der Waals surface area (Å²) in [4.78, 5) is 32.4. The fraction of sp³-hybridized carbons (Fsp3) is 0.500. The fourth-order valence-corrected chi connectivity index (χ4v) is 3.34. The fourth-order valence-electron chi connectivity index (χ4n) is 3.23. The number of amides is 1. The van der Waals surface area contributed by atoms with Crippen LogP contribution in [0.5, 0.6) is 0 Å². The Morgan fingerprint density at radius 3 is 2.77 bits per heavy atom. The SMILES string of the molecule is Cc1c(N[C@@H](C)COCCC(=O)N2CCN(c3ccc(Cl)cn3)CC2)cn[nH]c1=O. The van der Waals surface area contributed by atoms with Gasteiger partial charge in [0.25, 0.3) is 5.56 Å². The second kappa shape index (κ2) is 10.4. The normalized spacial score (nSPS) is 15.2. The zero-order valence-corrected chi connectivity index (χ0v) is 18.0. The predicted octanol–water partition coefficient (Wildman–Crippen LogP) is 1.68. The van der Waals surface area contributed by atoms with Crippen LogP contribution in [0.4, 0.5) is 11.5 Å². The Balaban J connectivity index is 1.34. The Hall–Kier alpha value is -2.65. The third kappa shape index (κ3) is 5.93. The van der Waals surface area contributed by atoms with Gasteiger partial charge in [0, 0.05) is 44.0 Å². The lowest BCUT2D eigenvalue weighted by Crippen LogP contribution is -2.49. The van der Waals surface area contributed by atoms with E-state index in [2.05, 4.69) is 25.4 Å². The van der Waals surface area contributed by atoms with Crippen LogP contribution in [0.2, 0.25) is 5.02 Å². The topological polar surface area (TPSA) is 103 Å². The monoisotopic (exact) mass is 434 g/mol. The van der Waals surface area contributed by atoms with Crippen molar-refractivity contribution in [3.8, 4) is 0 Å². The van der Waals surface area contributed by atoms with E-state index in [-0.39, 0.29) is 17.5 Å². The van der Waals surface area contributed by atoms with Crippen molar-refractivity contribution in [3.63, 3.8) is 0 Å². The molecule has 1 fully saturated rings. The van der Waals surface area contributed by atoms with Gasteiger partial charge in [0.2, 0.25) is 5.91 Å². The van der Waals surface area contributed by atoms with Gasteiger partial charge >= 0.3 is 0 Å². The zero-order valence-electron chi connectivity index (χ0n) is 17.2. The van der Waals surface area contributed by atoms with E-state index in [0.29, 0.717) is 49.0 Å². The smallest absolute Gasteiger partial charge is 0.269 e. The molecule has 3 heterocycles. The van der Waals surface area contributed by atoms with Crippen molar-refractivity contribution in [2.24, 2.45) is 0 Å². The molecular weight excluding hydrogens is 408 g/mol. The van der Waals surface area contributed by atoms with Gasteiger partial charge in [0.15, 0.2) is 0 Å². The third-order valence-corrected chi connectivity index (χ3v) is 5.23. The van der Waals surface area contributed by atoms with Gasteiger partial charge in [0.05, 0.1) is 36.5 Å². The minimum atomic E-state index is -0.217. The summed E-state index contributed by atoms with van der Waals surface area (Å²) >= 11 is 5.88. The standard InChI is InChI=1S/C20H27ClN6O3/c1-14(24-17-12-23-25-20(29)15(17)2)13-30-10-5-19(28)27-8-6-26(7-9-27)18-4-3-16(21)11-22-18/h3-4,11-12,14H,5-10,13H2,1-2H3,(H2,24,25,29)/t14-/m0/s1. The van der Waals surface area contributed by atoms with Gasteiger partial charge in [-0.05, 0) is 26.0 Å². The van der Waals surface area contributed by atoms with Gasteiger partial charge in [-0.2, -0.15) is 5.10 Å². The van der Waals surface area contributed by atoms with Crippen LogP contribution in [-0.4, -0.2) is 71.4 Å². The lowest BCUT2D eigenvalue weighted by molar-refractivity contribution is -0.132. The lowest BCUT2D eigenvalue weighted by Gasteiger charge is -2.35. The Kier molecular flexibility index (Phi) is 7.64. The van der Waals surface area contributed by atoms with Gasteiger partial charge in [-0.15, -0.1) is 0 Å². The Bertz CT molecular complexity index is 896. The Morgan fingerprint density at radius 2 is 2.07 bits per heavy atom. The van der Waals surface area contributed by atoms with Gasteiger partial charge in [-0.3, -0.25) is 9.59 Å². The van der Waals surface area contributed by atoms with Crippen molar-refractivity contribution in [2.45, 2.75) is 26.3 Å². The molecule has 0 radical (unpaired) electrons. The summed E-state index contributed by atoms with van der Waals surface area (Å²) in [6.07, 6.45) is 3.56. The number of pyridine rings is 1. The molecule has 30 heavy (non-hydrogen) atoms. The van der Waals surface area contributed by atoms with E-state index in [9.17, 15) is 9.59 Å². The van der Waals surface area contributed by atoms with E-state index in [4.69, 9.17) is 16.3 Å². The number of halogens is 1. The maximum absolute atomic E-state index is 12.4. The largest absolute Gasteiger partial charge is 0.379 e. The zero-order chi connectivity index (χ0) is 21.5. The lowest BCUT2D eigenvalue weighted by atomic mass is 10.2. The number of aromatic nitrogens is 3. The van der Waals surface area contributed by atoms with E-state index in [0.717, 1.165) is 18.9 Å². The van der Waals surface area contributed by atoms with Crippen LogP contribution in [0.25, 0.3) is 0 Å². The van der Waals surface area contributed by atoms with E-state index in [1.807, 2.05) is 24.0 Å². The van der Waals surface area contributed by atoms with Gasteiger partial charge < -0.3 is 19.9 Å². The maximum atomic E-state index is 12.4. The number of carbonyl (C=O) groups is 1. The molecule has 0 spiro atoms. The third-order valence-electron chi connectivity index (χ3n) is 5.00. The van der Waals surface area contributed by atoms with E-state index in [1.165, 1.54) is 0 Å². The minimum absolute atomic E-state index is 0.0159. The number of piperazine rings is 1. The number of hydrogen-bond acceptors (Lipinski definition) is 7. The van der Waals surface area contributed by atoms with Crippen molar-refractivity contribution >= 4 is 29.0 Å². The average Bonchev–Trinajstić information content (AvgIpc) is 2.75. The summed E-state index contributed by atoms with van der Waals surface area (Å²) in [7, 11) is 0. The molecule has 0 aliphatic carbocycles. The summed E-state index contributed by atoms with van der Waals surface area (Å²) in [6, 6.07) is 3.70. The summed E-state index contributed by atoms with van der Waals surface area (Å²) in [5.41, 5.74) is 1.05. The number of ether oxygens (including phenoxy) is 1. The highest BCUT2D eigenvalue weighted by atomic mass is 35.5. The molecule has 2 aromatic rings.